The fourth-order valence-corrected chi connectivity index (χ4v) is 4.18. The number of aromatic nitrogens is 2. The first-order valence-corrected chi connectivity index (χ1v) is 9.49. The predicted octanol–water partition coefficient (Wildman–Crippen LogP) is 1.46. The molecule has 1 atom stereocenters. The highest BCUT2D eigenvalue weighted by molar-refractivity contribution is 7.89. The summed E-state index contributed by atoms with van der Waals surface area (Å²) in [4.78, 5) is 2.42. The first-order chi connectivity index (χ1) is 10.2. The number of nitrogens with zero attached hydrogens (tertiary/aromatic N) is 4. The van der Waals surface area contributed by atoms with Crippen molar-refractivity contribution in [1.82, 2.24) is 19.0 Å². The highest BCUT2D eigenvalue weighted by Gasteiger charge is 2.30. The van der Waals surface area contributed by atoms with Gasteiger partial charge in [-0.15, -0.1) is 0 Å². The maximum atomic E-state index is 11.9. The second-order valence-electron chi connectivity index (χ2n) is 6.35. The van der Waals surface area contributed by atoms with Gasteiger partial charge in [0.15, 0.2) is 0 Å². The molecule has 0 aromatic carbocycles. The van der Waals surface area contributed by atoms with E-state index in [-0.39, 0.29) is 5.75 Å². The van der Waals surface area contributed by atoms with E-state index < -0.39 is 10.0 Å². The van der Waals surface area contributed by atoms with Crippen LogP contribution in [0.5, 0.6) is 0 Å². The van der Waals surface area contributed by atoms with Crippen molar-refractivity contribution in [3.05, 3.63) is 17.0 Å². The highest BCUT2D eigenvalue weighted by atomic mass is 32.2. The molecule has 1 aromatic heterocycles. The Morgan fingerprint density at radius 1 is 1.32 bits per heavy atom. The van der Waals surface area contributed by atoms with Crippen LogP contribution >= 0.6 is 0 Å². The maximum absolute atomic E-state index is 11.9. The van der Waals surface area contributed by atoms with Gasteiger partial charge in [0.1, 0.15) is 0 Å². The van der Waals surface area contributed by atoms with Crippen LogP contribution in [0.2, 0.25) is 0 Å². The minimum atomic E-state index is -3.09. The molecule has 2 heterocycles. The van der Waals surface area contributed by atoms with Crippen molar-refractivity contribution in [1.29, 1.82) is 0 Å². The molecular formula is C15H28N4O2S. The Morgan fingerprint density at radius 2 is 2.00 bits per heavy atom. The number of hydrogen-bond donors (Lipinski definition) is 0. The summed E-state index contributed by atoms with van der Waals surface area (Å²) in [6, 6.07) is 0.385. The molecule has 0 amide bonds. The van der Waals surface area contributed by atoms with Gasteiger partial charge >= 0.3 is 0 Å². The zero-order valence-corrected chi connectivity index (χ0v) is 15.2. The van der Waals surface area contributed by atoms with Gasteiger partial charge < -0.3 is 0 Å². The Bertz CT molecular complexity index is 622. The molecule has 1 aliphatic heterocycles. The molecule has 0 bridgehead atoms. The van der Waals surface area contributed by atoms with Crippen molar-refractivity contribution >= 4 is 10.0 Å². The van der Waals surface area contributed by atoms with E-state index in [1.807, 2.05) is 11.7 Å². The van der Waals surface area contributed by atoms with Crippen LogP contribution in [0.15, 0.2) is 0 Å². The standard InChI is InChI=1S/C15H28N4O2S/c1-12-15(13(2)18(5)16-12)14-8-6-9-19(14)10-7-11-22(20,21)17(3)4/h14H,6-11H2,1-5H3/t14-/m1/s1. The molecule has 0 unspecified atom stereocenters. The van der Waals surface area contributed by atoms with E-state index in [4.69, 9.17) is 0 Å². The monoisotopic (exact) mass is 328 g/mol. The van der Waals surface area contributed by atoms with Crippen LogP contribution in [0, 0.1) is 13.8 Å². The van der Waals surface area contributed by atoms with E-state index in [1.54, 1.807) is 14.1 Å². The molecule has 1 aromatic rings. The van der Waals surface area contributed by atoms with Crippen LogP contribution in [-0.2, 0) is 17.1 Å². The Labute approximate surface area is 134 Å². The molecule has 1 aliphatic rings. The summed E-state index contributed by atoms with van der Waals surface area (Å²) in [7, 11) is 2.07. The van der Waals surface area contributed by atoms with Crippen molar-refractivity contribution in [2.75, 3.05) is 32.9 Å². The zero-order valence-electron chi connectivity index (χ0n) is 14.3. The van der Waals surface area contributed by atoms with E-state index >= 15 is 0 Å². The summed E-state index contributed by atoms with van der Waals surface area (Å²) in [5, 5.41) is 4.52. The zero-order chi connectivity index (χ0) is 16.5. The van der Waals surface area contributed by atoms with Gasteiger partial charge in [0.05, 0.1) is 11.4 Å². The van der Waals surface area contributed by atoms with Crippen LogP contribution in [-0.4, -0.2) is 60.3 Å². The molecule has 0 saturated carbocycles. The molecule has 2 rings (SSSR count). The number of sulfonamides is 1. The SMILES string of the molecule is Cc1nn(C)c(C)c1[C@H]1CCCN1CCCS(=O)(=O)N(C)C. The minimum Gasteiger partial charge on any atom is -0.296 e. The van der Waals surface area contributed by atoms with Gasteiger partial charge in [-0.2, -0.15) is 5.10 Å². The summed E-state index contributed by atoms with van der Waals surface area (Å²) in [6.45, 7) is 6.05. The smallest absolute Gasteiger partial charge is 0.213 e. The Hall–Kier alpha value is -0.920. The normalized spacial score (nSPS) is 20.2. The first-order valence-electron chi connectivity index (χ1n) is 7.88. The van der Waals surface area contributed by atoms with Crippen molar-refractivity contribution in [3.63, 3.8) is 0 Å². The Balaban J connectivity index is 2.03. The summed E-state index contributed by atoms with van der Waals surface area (Å²) >= 11 is 0. The largest absolute Gasteiger partial charge is 0.296 e. The van der Waals surface area contributed by atoms with Gasteiger partial charge in [0.2, 0.25) is 10.0 Å². The fraction of sp³-hybridized carbons (Fsp3) is 0.800. The van der Waals surface area contributed by atoms with Gasteiger partial charge in [0.25, 0.3) is 0 Å². The number of hydrogen-bond acceptors (Lipinski definition) is 4. The quantitative estimate of drug-likeness (QED) is 0.793. The average molecular weight is 328 g/mol. The molecule has 126 valence electrons. The Kier molecular flexibility index (Phi) is 5.29. The van der Waals surface area contributed by atoms with E-state index in [0.29, 0.717) is 12.5 Å². The van der Waals surface area contributed by atoms with Gasteiger partial charge in [-0.3, -0.25) is 9.58 Å². The fourth-order valence-electron chi connectivity index (χ4n) is 3.33. The van der Waals surface area contributed by atoms with Gasteiger partial charge in [-0.05, 0) is 46.2 Å². The van der Waals surface area contributed by atoms with Crippen LogP contribution in [0.3, 0.4) is 0 Å². The average Bonchev–Trinajstić information content (AvgIpc) is 2.95. The Morgan fingerprint density at radius 3 is 2.55 bits per heavy atom. The summed E-state index contributed by atoms with van der Waals surface area (Å²) in [6.07, 6.45) is 2.97. The summed E-state index contributed by atoms with van der Waals surface area (Å²) < 4.78 is 27.0. The molecule has 0 spiro atoms. The maximum Gasteiger partial charge on any atom is 0.213 e. The molecule has 0 radical (unpaired) electrons. The molecule has 7 heteroatoms. The first kappa shape index (κ1) is 17.4. The number of rotatable bonds is 6. The third-order valence-corrected chi connectivity index (χ3v) is 6.58. The third kappa shape index (κ3) is 3.52. The van der Waals surface area contributed by atoms with E-state index in [0.717, 1.165) is 25.2 Å². The second kappa shape index (κ2) is 6.68. The lowest BCUT2D eigenvalue weighted by molar-refractivity contribution is 0.256. The lowest BCUT2D eigenvalue weighted by Crippen LogP contribution is -2.30. The predicted molar refractivity (Wildman–Crippen MR) is 88.3 cm³/mol. The van der Waals surface area contributed by atoms with Crippen LogP contribution in [0.25, 0.3) is 0 Å². The second-order valence-corrected chi connectivity index (χ2v) is 8.66. The van der Waals surface area contributed by atoms with E-state index in [1.165, 1.54) is 22.0 Å². The van der Waals surface area contributed by atoms with Crippen LogP contribution < -0.4 is 0 Å². The van der Waals surface area contributed by atoms with Crippen LogP contribution in [0.1, 0.15) is 42.3 Å². The molecule has 1 saturated heterocycles. The molecule has 6 nitrogen and oxygen atoms in total. The molecule has 0 N–H and O–H groups in total. The topological polar surface area (TPSA) is 58.4 Å². The molecule has 1 fully saturated rings. The molecular weight excluding hydrogens is 300 g/mol. The number of likely N-dealkylation sites (tertiary alicyclic amines) is 1. The van der Waals surface area contributed by atoms with E-state index in [2.05, 4.69) is 23.8 Å². The molecule has 22 heavy (non-hydrogen) atoms. The summed E-state index contributed by atoms with van der Waals surface area (Å²) in [5.41, 5.74) is 3.64. The van der Waals surface area contributed by atoms with E-state index in [9.17, 15) is 8.42 Å². The van der Waals surface area contributed by atoms with Gasteiger partial charge in [-0.1, -0.05) is 0 Å². The summed E-state index contributed by atoms with van der Waals surface area (Å²) in [5.74, 6) is 0.216. The van der Waals surface area contributed by atoms with Crippen molar-refractivity contribution < 1.29 is 8.42 Å². The van der Waals surface area contributed by atoms with Gasteiger partial charge in [0, 0.05) is 38.4 Å². The highest BCUT2D eigenvalue weighted by Crippen LogP contribution is 2.35. The lowest BCUT2D eigenvalue weighted by atomic mass is 10.0. The van der Waals surface area contributed by atoms with Gasteiger partial charge in [-0.25, -0.2) is 12.7 Å². The number of aryl methyl sites for hydroxylation is 2. The van der Waals surface area contributed by atoms with Crippen LogP contribution in [0.4, 0.5) is 0 Å². The van der Waals surface area contributed by atoms with Crippen molar-refractivity contribution in [2.45, 2.75) is 39.2 Å². The minimum absolute atomic E-state index is 0.216. The molecule has 0 aliphatic carbocycles. The lowest BCUT2D eigenvalue weighted by Gasteiger charge is -2.25. The van der Waals surface area contributed by atoms with Crippen molar-refractivity contribution in [3.8, 4) is 0 Å². The van der Waals surface area contributed by atoms with Crippen molar-refractivity contribution in [2.24, 2.45) is 7.05 Å². The third-order valence-electron chi connectivity index (χ3n) is 4.67.